The third-order valence-electron chi connectivity index (χ3n) is 2.51. The number of hydrogen-bond acceptors (Lipinski definition) is 2. The molecule has 2 N–H and O–H groups in total. The Hall–Kier alpha value is -0.540. The van der Waals surface area contributed by atoms with E-state index >= 15 is 0 Å². The van der Waals surface area contributed by atoms with Crippen molar-refractivity contribution in [3.05, 3.63) is 28.7 Å². The van der Waals surface area contributed by atoms with Gasteiger partial charge >= 0.3 is 0 Å². The Morgan fingerprint density at radius 2 is 2.07 bits per heavy atom. The van der Waals surface area contributed by atoms with E-state index in [-0.39, 0.29) is 0 Å². The van der Waals surface area contributed by atoms with Gasteiger partial charge in [-0.25, -0.2) is 0 Å². The summed E-state index contributed by atoms with van der Waals surface area (Å²) in [7, 11) is 0. The molecule has 1 unspecified atom stereocenters. The molecule has 1 heterocycles. The maximum atomic E-state index is 3.52. The van der Waals surface area contributed by atoms with Crippen molar-refractivity contribution in [2.75, 3.05) is 18.4 Å². The first-order valence-electron chi connectivity index (χ1n) is 5.07. The van der Waals surface area contributed by atoms with Crippen LogP contribution in [0.2, 0.25) is 0 Å². The average Bonchev–Trinajstić information content (AvgIpc) is 2.23. The minimum absolute atomic E-state index is 0.588. The highest BCUT2D eigenvalue weighted by molar-refractivity contribution is 9.10. The molecular weight excluding hydrogens is 240 g/mol. The molecule has 0 amide bonds. The molecule has 1 aliphatic rings. The van der Waals surface area contributed by atoms with Gasteiger partial charge in [0.05, 0.1) is 0 Å². The molecular formula is C11H15BrN2. The van der Waals surface area contributed by atoms with E-state index in [9.17, 15) is 0 Å². The van der Waals surface area contributed by atoms with Gasteiger partial charge in [-0.2, -0.15) is 0 Å². The van der Waals surface area contributed by atoms with E-state index < -0.39 is 0 Å². The molecule has 76 valence electrons. The van der Waals surface area contributed by atoms with E-state index in [4.69, 9.17) is 0 Å². The van der Waals surface area contributed by atoms with Crippen LogP contribution in [0.3, 0.4) is 0 Å². The number of halogens is 1. The first kappa shape index (κ1) is 9.99. The molecule has 1 saturated heterocycles. The second-order valence-corrected chi connectivity index (χ2v) is 4.61. The predicted octanol–water partition coefficient (Wildman–Crippen LogP) is 2.61. The van der Waals surface area contributed by atoms with Gasteiger partial charge in [0.15, 0.2) is 0 Å². The smallest absolute Gasteiger partial charge is 0.0386 e. The molecule has 2 rings (SSSR count). The number of rotatable bonds is 2. The average molecular weight is 255 g/mol. The summed E-state index contributed by atoms with van der Waals surface area (Å²) < 4.78 is 1.13. The molecule has 2 nitrogen and oxygen atoms in total. The molecule has 1 aromatic rings. The quantitative estimate of drug-likeness (QED) is 0.848. The van der Waals surface area contributed by atoms with Crippen molar-refractivity contribution in [2.45, 2.75) is 18.9 Å². The highest BCUT2D eigenvalue weighted by atomic mass is 79.9. The fourth-order valence-corrected chi connectivity index (χ4v) is 2.02. The Morgan fingerprint density at radius 3 is 2.71 bits per heavy atom. The van der Waals surface area contributed by atoms with Crippen molar-refractivity contribution >= 4 is 21.6 Å². The van der Waals surface area contributed by atoms with Gasteiger partial charge in [-0.1, -0.05) is 15.9 Å². The van der Waals surface area contributed by atoms with Crippen LogP contribution in [0.5, 0.6) is 0 Å². The lowest BCUT2D eigenvalue weighted by Gasteiger charge is -2.24. The monoisotopic (exact) mass is 254 g/mol. The van der Waals surface area contributed by atoms with Crippen LogP contribution in [0.1, 0.15) is 12.8 Å². The Morgan fingerprint density at radius 1 is 1.29 bits per heavy atom. The molecule has 0 spiro atoms. The fourth-order valence-electron chi connectivity index (χ4n) is 1.76. The highest BCUT2D eigenvalue weighted by Crippen LogP contribution is 2.16. The Balaban J connectivity index is 1.92. The van der Waals surface area contributed by atoms with Gasteiger partial charge in [-0.05, 0) is 43.7 Å². The van der Waals surface area contributed by atoms with Crippen molar-refractivity contribution in [1.29, 1.82) is 0 Å². The van der Waals surface area contributed by atoms with Crippen LogP contribution in [0.4, 0.5) is 5.69 Å². The van der Waals surface area contributed by atoms with Gasteiger partial charge in [0.2, 0.25) is 0 Å². The summed E-state index contributed by atoms with van der Waals surface area (Å²) in [5.74, 6) is 0. The zero-order valence-corrected chi connectivity index (χ0v) is 9.68. The number of piperidine rings is 1. The third-order valence-corrected chi connectivity index (χ3v) is 3.04. The maximum Gasteiger partial charge on any atom is 0.0386 e. The molecule has 0 aliphatic carbocycles. The van der Waals surface area contributed by atoms with E-state index in [0.29, 0.717) is 6.04 Å². The summed E-state index contributed by atoms with van der Waals surface area (Å²) in [6.07, 6.45) is 2.54. The van der Waals surface area contributed by atoms with E-state index in [1.165, 1.54) is 25.1 Å². The first-order chi connectivity index (χ1) is 6.84. The van der Waals surface area contributed by atoms with E-state index in [0.717, 1.165) is 11.0 Å². The molecule has 0 saturated carbocycles. The fraction of sp³-hybridized carbons (Fsp3) is 0.455. The van der Waals surface area contributed by atoms with Crippen LogP contribution >= 0.6 is 15.9 Å². The molecule has 3 heteroatoms. The SMILES string of the molecule is Brc1ccc(NC2CCCNC2)cc1. The van der Waals surface area contributed by atoms with Crippen molar-refractivity contribution in [2.24, 2.45) is 0 Å². The third kappa shape index (κ3) is 2.72. The van der Waals surface area contributed by atoms with E-state index in [1.54, 1.807) is 0 Å². The molecule has 14 heavy (non-hydrogen) atoms. The zero-order valence-electron chi connectivity index (χ0n) is 8.09. The van der Waals surface area contributed by atoms with E-state index in [2.05, 4.69) is 50.8 Å². The summed E-state index contributed by atoms with van der Waals surface area (Å²) in [4.78, 5) is 0. The van der Waals surface area contributed by atoms with Crippen molar-refractivity contribution < 1.29 is 0 Å². The summed E-state index contributed by atoms with van der Waals surface area (Å²) in [6, 6.07) is 8.94. The van der Waals surface area contributed by atoms with Gasteiger partial charge in [-0.15, -0.1) is 0 Å². The zero-order chi connectivity index (χ0) is 9.80. The molecule has 1 fully saturated rings. The highest BCUT2D eigenvalue weighted by Gasteiger charge is 2.11. The van der Waals surface area contributed by atoms with Crippen molar-refractivity contribution in [1.82, 2.24) is 5.32 Å². The Bertz CT molecular complexity index is 278. The van der Waals surface area contributed by atoms with Gasteiger partial charge < -0.3 is 10.6 Å². The van der Waals surface area contributed by atoms with Crippen LogP contribution in [-0.2, 0) is 0 Å². The minimum atomic E-state index is 0.588. The minimum Gasteiger partial charge on any atom is -0.381 e. The Kier molecular flexibility index (Phi) is 3.43. The lowest BCUT2D eigenvalue weighted by molar-refractivity contribution is 0.480. The molecule has 0 radical (unpaired) electrons. The van der Waals surface area contributed by atoms with E-state index in [1.807, 2.05) is 0 Å². The lowest BCUT2D eigenvalue weighted by atomic mass is 10.1. The largest absolute Gasteiger partial charge is 0.381 e. The molecule has 0 aromatic heterocycles. The second-order valence-electron chi connectivity index (χ2n) is 3.69. The van der Waals surface area contributed by atoms with Gasteiger partial charge in [0, 0.05) is 22.7 Å². The summed E-state index contributed by atoms with van der Waals surface area (Å²) in [5.41, 5.74) is 1.21. The van der Waals surface area contributed by atoms with Crippen LogP contribution in [-0.4, -0.2) is 19.1 Å². The Labute approximate surface area is 93.2 Å². The number of hydrogen-bond donors (Lipinski definition) is 2. The first-order valence-corrected chi connectivity index (χ1v) is 5.87. The number of anilines is 1. The van der Waals surface area contributed by atoms with Gasteiger partial charge in [-0.3, -0.25) is 0 Å². The van der Waals surface area contributed by atoms with Crippen LogP contribution in [0.25, 0.3) is 0 Å². The standard InChI is InChI=1S/C11H15BrN2/c12-9-3-5-10(6-4-9)14-11-2-1-7-13-8-11/h3-6,11,13-14H,1-2,7-8H2. The van der Waals surface area contributed by atoms with Crippen molar-refractivity contribution in [3.8, 4) is 0 Å². The van der Waals surface area contributed by atoms with Crippen molar-refractivity contribution in [3.63, 3.8) is 0 Å². The molecule has 1 atom stereocenters. The molecule has 1 aromatic carbocycles. The normalized spacial score (nSPS) is 21.9. The topological polar surface area (TPSA) is 24.1 Å². The molecule has 0 bridgehead atoms. The second kappa shape index (κ2) is 4.80. The predicted molar refractivity (Wildman–Crippen MR) is 63.7 cm³/mol. The van der Waals surface area contributed by atoms with Crippen LogP contribution in [0.15, 0.2) is 28.7 Å². The lowest BCUT2D eigenvalue weighted by Crippen LogP contribution is -2.38. The number of nitrogens with one attached hydrogen (secondary N) is 2. The van der Waals surface area contributed by atoms with Crippen LogP contribution < -0.4 is 10.6 Å². The van der Waals surface area contributed by atoms with Gasteiger partial charge in [0.1, 0.15) is 0 Å². The maximum absolute atomic E-state index is 3.52. The summed E-state index contributed by atoms with van der Waals surface area (Å²) in [5, 5.41) is 6.92. The summed E-state index contributed by atoms with van der Waals surface area (Å²) in [6.45, 7) is 2.24. The number of benzene rings is 1. The van der Waals surface area contributed by atoms with Crippen LogP contribution in [0, 0.1) is 0 Å². The summed E-state index contributed by atoms with van der Waals surface area (Å²) >= 11 is 3.43. The molecule has 1 aliphatic heterocycles. The van der Waals surface area contributed by atoms with Gasteiger partial charge in [0.25, 0.3) is 0 Å².